The summed E-state index contributed by atoms with van der Waals surface area (Å²) in [5.74, 6) is -4.03. The molecule has 4 aromatic carbocycles. The van der Waals surface area contributed by atoms with E-state index >= 15 is 0 Å². The van der Waals surface area contributed by atoms with Crippen molar-refractivity contribution in [2.45, 2.75) is 19.1 Å². The third-order valence-electron chi connectivity index (χ3n) is 8.76. The Morgan fingerprint density at radius 2 is 0.817 bits per heavy atom. The molecule has 294 valence electrons. The highest BCUT2D eigenvalue weighted by Gasteiger charge is 2.41. The van der Waals surface area contributed by atoms with Gasteiger partial charge in [0.15, 0.2) is 11.5 Å². The zero-order chi connectivity index (χ0) is 44.1. The topological polar surface area (TPSA) is 187 Å². The molecule has 0 atom stereocenters. The molecule has 0 saturated heterocycles. The van der Waals surface area contributed by atoms with E-state index < -0.39 is 75.8 Å². The lowest BCUT2D eigenvalue weighted by atomic mass is 9.87. The van der Waals surface area contributed by atoms with Gasteiger partial charge in [0, 0.05) is 22.3 Å². The average molecular weight is 829 g/mol. The Bertz CT molecular complexity index is 2900. The highest BCUT2D eigenvalue weighted by atomic mass is 19.4. The van der Waals surface area contributed by atoms with Crippen molar-refractivity contribution in [3.8, 4) is 75.9 Å². The number of carbonyl (C=O) groups is 1. The maximum atomic E-state index is 14.2. The molecule has 0 aliphatic heterocycles. The van der Waals surface area contributed by atoms with E-state index in [1.54, 1.807) is 24.3 Å². The first-order chi connectivity index (χ1) is 28.2. The van der Waals surface area contributed by atoms with Crippen molar-refractivity contribution in [2.75, 3.05) is 0 Å². The van der Waals surface area contributed by atoms with Crippen LogP contribution in [0.3, 0.4) is 0 Å². The minimum atomic E-state index is -5.51. The van der Waals surface area contributed by atoms with Crippen molar-refractivity contribution in [2.24, 2.45) is 0 Å². The Labute approximate surface area is 328 Å². The van der Waals surface area contributed by atoms with E-state index in [0.29, 0.717) is 18.2 Å². The summed E-state index contributed by atoms with van der Waals surface area (Å²) in [7, 11) is 0. The largest absolute Gasteiger partial charge is 0.573 e. The lowest BCUT2D eigenvalue weighted by Crippen LogP contribution is -2.20. The molecule has 4 aromatic rings. The number of rotatable bonds is 6. The number of allylic oxidation sites excluding steroid dienone is 6. The van der Waals surface area contributed by atoms with Crippen LogP contribution < -0.4 is 14.2 Å². The molecule has 0 radical (unpaired) electrons. The summed E-state index contributed by atoms with van der Waals surface area (Å²) in [6.45, 7) is 0. The number of carbonyl (C=O) groups excluding carboxylic acids is 1. The molecular formula is C40H10F10N6O4. The predicted octanol–water partition coefficient (Wildman–Crippen LogP) is 10.1. The van der Waals surface area contributed by atoms with Crippen molar-refractivity contribution in [1.82, 2.24) is 0 Å². The Kier molecular flexibility index (Phi) is 10.1. The molecule has 0 spiro atoms. The van der Waals surface area contributed by atoms with Crippen LogP contribution in [0.1, 0.15) is 43.7 Å². The highest BCUT2D eigenvalue weighted by molar-refractivity contribution is 6.38. The van der Waals surface area contributed by atoms with Gasteiger partial charge < -0.3 is 14.2 Å². The average Bonchev–Trinajstić information content (AvgIpc) is 3.66. The molecule has 60 heavy (non-hydrogen) atoms. The van der Waals surface area contributed by atoms with Crippen LogP contribution in [0.25, 0.3) is 44.5 Å². The normalized spacial score (nSPS) is 12.7. The van der Waals surface area contributed by atoms with E-state index in [1.807, 2.05) is 0 Å². The van der Waals surface area contributed by atoms with Gasteiger partial charge in [-0.2, -0.15) is 36.0 Å². The first-order valence-corrected chi connectivity index (χ1v) is 15.9. The van der Waals surface area contributed by atoms with Crippen LogP contribution in [0.2, 0.25) is 0 Å². The Morgan fingerprint density at radius 1 is 0.467 bits per heavy atom. The van der Waals surface area contributed by atoms with Crippen molar-refractivity contribution in [1.29, 1.82) is 31.6 Å². The summed E-state index contributed by atoms with van der Waals surface area (Å²) in [6.07, 6.45) is -16.4. The number of fused-ring (bicyclic) bond motifs is 4. The zero-order valence-corrected chi connectivity index (χ0v) is 28.9. The van der Waals surface area contributed by atoms with E-state index in [-0.39, 0.29) is 61.2 Å². The maximum absolute atomic E-state index is 14.2. The molecule has 6 rings (SSSR count). The van der Waals surface area contributed by atoms with E-state index in [1.165, 1.54) is 42.5 Å². The van der Waals surface area contributed by atoms with Crippen molar-refractivity contribution < 1.29 is 62.9 Å². The molecule has 20 heteroatoms. The van der Waals surface area contributed by atoms with Gasteiger partial charge >= 0.3 is 25.1 Å². The lowest BCUT2D eigenvalue weighted by Gasteiger charge is -2.18. The van der Waals surface area contributed by atoms with Crippen molar-refractivity contribution in [3.63, 3.8) is 0 Å². The number of nitrogens with zero attached hydrogens (tertiary/aromatic N) is 6. The molecule has 0 unspecified atom stereocenters. The molecule has 2 aliphatic rings. The summed E-state index contributed by atoms with van der Waals surface area (Å²) in [5.41, 5.74) is -6.20. The summed E-state index contributed by atoms with van der Waals surface area (Å²) >= 11 is 0. The highest BCUT2D eigenvalue weighted by Crippen LogP contribution is 2.60. The van der Waals surface area contributed by atoms with Crippen LogP contribution in [0, 0.1) is 68.0 Å². The van der Waals surface area contributed by atoms with Crippen LogP contribution in [-0.4, -0.2) is 25.1 Å². The minimum absolute atomic E-state index is 0.00729. The molecule has 0 saturated carbocycles. The first-order valence-electron chi connectivity index (χ1n) is 15.9. The first kappa shape index (κ1) is 41.1. The van der Waals surface area contributed by atoms with Crippen LogP contribution in [-0.2, 0) is 0 Å². The fourth-order valence-electron chi connectivity index (χ4n) is 6.68. The molecule has 2 aliphatic carbocycles. The Morgan fingerprint density at radius 3 is 1.13 bits per heavy atom. The number of hydrogen-bond acceptors (Lipinski definition) is 10. The number of ether oxygens (including phenoxy) is 3. The quantitative estimate of drug-likeness (QED) is 0.103. The summed E-state index contributed by atoms with van der Waals surface area (Å²) in [6, 6.07) is 16.7. The maximum Gasteiger partial charge on any atom is 0.573 e. The van der Waals surface area contributed by atoms with Crippen molar-refractivity contribution >= 4 is 28.3 Å². The zero-order valence-electron chi connectivity index (χ0n) is 28.9. The molecule has 0 fully saturated rings. The predicted molar refractivity (Wildman–Crippen MR) is 182 cm³/mol. The van der Waals surface area contributed by atoms with Crippen molar-refractivity contribution in [3.05, 3.63) is 111 Å². The second-order valence-corrected chi connectivity index (χ2v) is 12.1. The summed E-state index contributed by atoms with van der Waals surface area (Å²) in [5, 5.41) is 59.2. The number of nitriles is 6. The molecule has 0 heterocycles. The fourth-order valence-corrected chi connectivity index (χ4v) is 6.68. The van der Waals surface area contributed by atoms with Crippen LogP contribution >= 0.6 is 0 Å². The second kappa shape index (κ2) is 14.7. The fraction of sp³-hybridized carbons (Fsp3) is 0.0750. The molecule has 10 nitrogen and oxygen atoms in total. The van der Waals surface area contributed by atoms with Gasteiger partial charge in [0.2, 0.25) is 0 Å². The van der Waals surface area contributed by atoms with Crippen LogP contribution in [0.5, 0.6) is 17.2 Å². The Balaban J connectivity index is 1.67. The molecular weight excluding hydrogens is 818 g/mol. The second-order valence-electron chi connectivity index (χ2n) is 12.1. The molecule has 0 amide bonds. The van der Waals surface area contributed by atoms with Gasteiger partial charge in [-0.3, -0.25) is 4.79 Å². The Hall–Kier alpha value is -8.59. The van der Waals surface area contributed by atoms with Gasteiger partial charge in [-0.1, -0.05) is 24.3 Å². The molecule has 0 bridgehead atoms. The minimum Gasteiger partial charge on any atom is -0.404 e. The van der Waals surface area contributed by atoms with Gasteiger partial charge in [0.1, 0.15) is 64.4 Å². The van der Waals surface area contributed by atoms with Gasteiger partial charge in [0.05, 0.1) is 5.56 Å². The lowest BCUT2D eigenvalue weighted by molar-refractivity contribution is -0.277. The summed E-state index contributed by atoms with van der Waals surface area (Å²) in [4.78, 5) is 11.9. The van der Waals surface area contributed by atoms with Gasteiger partial charge in [-0.05, 0) is 80.9 Å². The van der Waals surface area contributed by atoms with Gasteiger partial charge in [0.25, 0.3) is 0 Å². The standard InChI is InChI=1S/C40H10F10N6O4/c41-37(57)27-7-19(8-30(28(27)15-55)58-38(42,43)44)17-1-3-23-25(5-17)35-34(22(13-53)14-54)24-4-2-18(6-26(24)36(35)33(23)21(11-51)12-52)20-9-31(59-39(45,46)47)29(16-56)32(10-20)60-40(48,49)50/h1-10H. The molecule has 0 aromatic heterocycles. The van der Waals surface area contributed by atoms with E-state index in [2.05, 4.69) is 14.2 Å². The van der Waals surface area contributed by atoms with Gasteiger partial charge in [-0.25, -0.2) is 0 Å². The third kappa shape index (κ3) is 7.48. The third-order valence-corrected chi connectivity index (χ3v) is 8.76. The van der Waals surface area contributed by atoms with Crippen LogP contribution in [0.4, 0.5) is 43.9 Å². The van der Waals surface area contributed by atoms with E-state index in [9.17, 15) is 80.3 Å². The summed E-state index contributed by atoms with van der Waals surface area (Å²) < 4.78 is 146. The van der Waals surface area contributed by atoms with Gasteiger partial charge in [-0.15, -0.1) is 39.5 Å². The van der Waals surface area contributed by atoms with Crippen LogP contribution in [0.15, 0.2) is 71.8 Å². The van der Waals surface area contributed by atoms with E-state index in [4.69, 9.17) is 0 Å². The smallest absolute Gasteiger partial charge is 0.404 e. The number of hydrogen-bond donors (Lipinski definition) is 0. The number of halogens is 10. The van der Waals surface area contributed by atoms with E-state index in [0.717, 1.165) is 12.1 Å². The number of alkyl halides is 9. The molecule has 0 N–H and O–H groups in total. The monoisotopic (exact) mass is 828 g/mol. The SMILES string of the molecule is N#CC(C#N)=C1C2=C(C(=C(C#N)C#N)c3ccc(-c4cc(OC(F)(F)F)c(C#N)c(C(=O)F)c4)cc32)c2cc(-c3cc(OC(F)(F)F)c(C#N)c(OC(F)(F)F)c3)ccc21. The number of benzene rings is 4.